The van der Waals surface area contributed by atoms with Gasteiger partial charge in [0, 0.05) is 12.8 Å². The van der Waals surface area contributed by atoms with E-state index in [9.17, 15) is 29.3 Å². The minimum absolute atomic E-state index is 0.160. The molecule has 48 heavy (non-hydrogen) atoms. The van der Waals surface area contributed by atoms with Crippen LogP contribution >= 0.6 is 7.82 Å². The molecule has 0 radical (unpaired) electrons. The van der Waals surface area contributed by atoms with E-state index < -0.39 is 57.9 Å². The highest BCUT2D eigenvalue weighted by atomic mass is 31.2. The minimum Gasteiger partial charge on any atom is -0.462 e. The van der Waals surface area contributed by atoms with Crippen LogP contribution in [0.25, 0.3) is 0 Å². The summed E-state index contributed by atoms with van der Waals surface area (Å²) in [5.74, 6) is -0.307. The van der Waals surface area contributed by atoms with Crippen LogP contribution in [-0.4, -0.2) is 76.9 Å². The first-order valence-corrected chi connectivity index (χ1v) is 19.4. The van der Waals surface area contributed by atoms with Crippen molar-refractivity contribution in [2.45, 2.75) is 148 Å². The van der Waals surface area contributed by atoms with Crippen molar-refractivity contribution in [1.82, 2.24) is 0 Å². The van der Waals surface area contributed by atoms with E-state index in [1.54, 1.807) is 6.08 Å². The highest BCUT2D eigenvalue weighted by Crippen LogP contribution is 2.43. The first-order valence-electron chi connectivity index (χ1n) is 17.9. The summed E-state index contributed by atoms with van der Waals surface area (Å²) in [6.07, 6.45) is 23.2. The number of rotatable bonds is 32. The summed E-state index contributed by atoms with van der Waals surface area (Å²) >= 11 is 0. The first kappa shape index (κ1) is 46.1. The molecule has 11 nitrogen and oxygen atoms in total. The van der Waals surface area contributed by atoms with Crippen molar-refractivity contribution >= 4 is 19.8 Å². The topological polar surface area (TPSA) is 169 Å². The molecular formula is C36H65O11P. The summed E-state index contributed by atoms with van der Waals surface area (Å²) < 4.78 is 32.4. The second-order valence-corrected chi connectivity index (χ2v) is 14.0. The number of esters is 2. The third-order valence-electron chi connectivity index (χ3n) is 7.34. The Bertz CT molecular complexity index is 935. The SMILES string of the molecule is CC/C=C/C/C=C/C=C/C(O)CCCCCCCC(=O)OC[C@H](COP(=O)(O)OC[C@@H](O)CO)OC(=O)CCCCCCCCC(C)C. The van der Waals surface area contributed by atoms with Gasteiger partial charge in [-0.3, -0.25) is 18.6 Å². The van der Waals surface area contributed by atoms with Crippen molar-refractivity contribution in [3.63, 3.8) is 0 Å². The molecule has 0 aliphatic rings. The van der Waals surface area contributed by atoms with Crippen LogP contribution in [0.1, 0.15) is 130 Å². The molecule has 0 saturated heterocycles. The number of phosphoric ester groups is 1. The van der Waals surface area contributed by atoms with E-state index in [0.29, 0.717) is 25.2 Å². The lowest BCUT2D eigenvalue weighted by Crippen LogP contribution is -2.29. The molecule has 0 bridgehead atoms. The fourth-order valence-electron chi connectivity index (χ4n) is 4.54. The molecule has 0 fully saturated rings. The molecule has 0 rings (SSSR count). The van der Waals surface area contributed by atoms with Gasteiger partial charge in [-0.15, -0.1) is 0 Å². The van der Waals surface area contributed by atoms with Crippen LogP contribution in [0.4, 0.5) is 0 Å². The fraction of sp³-hybridized carbons (Fsp3) is 0.778. The van der Waals surface area contributed by atoms with Gasteiger partial charge < -0.3 is 29.7 Å². The molecule has 4 atom stereocenters. The van der Waals surface area contributed by atoms with Gasteiger partial charge in [0.2, 0.25) is 0 Å². The number of hydrogen-bond acceptors (Lipinski definition) is 10. The van der Waals surface area contributed by atoms with Crippen molar-refractivity contribution in [3.05, 3.63) is 36.5 Å². The molecule has 0 saturated carbocycles. The predicted molar refractivity (Wildman–Crippen MR) is 188 cm³/mol. The highest BCUT2D eigenvalue weighted by molar-refractivity contribution is 7.47. The van der Waals surface area contributed by atoms with Crippen LogP contribution in [-0.2, 0) is 32.7 Å². The van der Waals surface area contributed by atoms with Gasteiger partial charge in [-0.05, 0) is 38.0 Å². The summed E-state index contributed by atoms with van der Waals surface area (Å²) in [5.41, 5.74) is 0. The average Bonchev–Trinajstić information content (AvgIpc) is 3.05. The Hall–Kier alpha value is -1.85. The maximum absolute atomic E-state index is 12.5. The van der Waals surface area contributed by atoms with Crippen LogP contribution in [0, 0.1) is 5.92 Å². The van der Waals surface area contributed by atoms with E-state index in [-0.39, 0.29) is 19.4 Å². The number of hydrogen-bond donors (Lipinski definition) is 4. The number of carbonyl (C=O) groups is 2. The zero-order valence-corrected chi connectivity index (χ0v) is 30.6. The Morgan fingerprint density at radius 2 is 1.31 bits per heavy atom. The van der Waals surface area contributed by atoms with Crippen LogP contribution in [0.2, 0.25) is 0 Å². The number of phosphoric acid groups is 1. The molecule has 0 aliphatic heterocycles. The standard InChI is InChI=1S/C36H65O11P/c1-4-5-6-7-8-13-18-23-32(38)24-19-14-11-16-20-25-35(40)44-29-34(30-46-48(42,43)45-28-33(39)27-37)47-36(41)26-21-15-10-9-12-17-22-31(2)3/h5-6,8,13,18,23,31-34,37-39H,4,7,9-12,14-17,19-22,24-30H2,1-3H3,(H,42,43)/b6-5+,13-8+,23-18+/t32?,33-,34+/m0/s1. The number of ether oxygens (including phenoxy) is 2. The predicted octanol–water partition coefficient (Wildman–Crippen LogP) is 7.27. The van der Waals surface area contributed by atoms with E-state index in [0.717, 1.165) is 57.8 Å². The molecule has 0 spiro atoms. The molecule has 280 valence electrons. The summed E-state index contributed by atoms with van der Waals surface area (Å²) in [4.78, 5) is 34.7. The molecule has 0 aliphatic carbocycles. The number of carbonyl (C=O) groups excluding carboxylic acids is 2. The Morgan fingerprint density at radius 3 is 1.94 bits per heavy atom. The van der Waals surface area contributed by atoms with E-state index in [1.807, 2.05) is 18.2 Å². The zero-order valence-electron chi connectivity index (χ0n) is 29.7. The second kappa shape index (κ2) is 31.2. The molecule has 0 heterocycles. The molecule has 0 aromatic rings. The Labute approximate surface area is 289 Å². The van der Waals surface area contributed by atoms with Gasteiger partial charge in [0.05, 0.1) is 25.9 Å². The Kier molecular flexibility index (Phi) is 30.0. The van der Waals surface area contributed by atoms with Crippen LogP contribution in [0.15, 0.2) is 36.5 Å². The smallest absolute Gasteiger partial charge is 0.462 e. The lowest BCUT2D eigenvalue weighted by atomic mass is 10.0. The second-order valence-electron chi connectivity index (χ2n) is 12.5. The maximum atomic E-state index is 12.5. The van der Waals surface area contributed by atoms with Gasteiger partial charge >= 0.3 is 19.8 Å². The third-order valence-corrected chi connectivity index (χ3v) is 8.29. The maximum Gasteiger partial charge on any atom is 0.472 e. The van der Waals surface area contributed by atoms with Gasteiger partial charge in [0.25, 0.3) is 0 Å². The Morgan fingerprint density at radius 1 is 0.729 bits per heavy atom. The first-order chi connectivity index (χ1) is 23.0. The van der Waals surface area contributed by atoms with Gasteiger partial charge in [-0.25, -0.2) is 4.57 Å². The summed E-state index contributed by atoms with van der Waals surface area (Å²) in [7, 11) is -4.63. The van der Waals surface area contributed by atoms with E-state index >= 15 is 0 Å². The van der Waals surface area contributed by atoms with Crippen LogP contribution < -0.4 is 0 Å². The molecule has 0 aromatic carbocycles. The van der Waals surface area contributed by atoms with Gasteiger partial charge in [-0.1, -0.05) is 121 Å². The van der Waals surface area contributed by atoms with Gasteiger partial charge in [-0.2, -0.15) is 0 Å². The van der Waals surface area contributed by atoms with Crippen molar-refractivity contribution in [2.24, 2.45) is 5.92 Å². The summed E-state index contributed by atoms with van der Waals surface area (Å²) in [5, 5.41) is 28.3. The third kappa shape index (κ3) is 31.4. The van der Waals surface area contributed by atoms with Crippen molar-refractivity contribution < 1.29 is 52.9 Å². The number of aliphatic hydroxyl groups is 3. The van der Waals surface area contributed by atoms with Crippen LogP contribution in [0.5, 0.6) is 0 Å². The lowest BCUT2D eigenvalue weighted by Gasteiger charge is -2.20. The molecule has 12 heteroatoms. The van der Waals surface area contributed by atoms with Crippen molar-refractivity contribution in [2.75, 3.05) is 26.4 Å². The molecule has 0 aromatic heterocycles. The van der Waals surface area contributed by atoms with Crippen molar-refractivity contribution in [1.29, 1.82) is 0 Å². The quantitative estimate of drug-likeness (QED) is 0.0183. The largest absolute Gasteiger partial charge is 0.472 e. The monoisotopic (exact) mass is 704 g/mol. The zero-order chi connectivity index (χ0) is 35.9. The van der Waals surface area contributed by atoms with E-state index in [4.69, 9.17) is 19.1 Å². The minimum atomic E-state index is -4.63. The highest BCUT2D eigenvalue weighted by Gasteiger charge is 2.27. The lowest BCUT2D eigenvalue weighted by molar-refractivity contribution is -0.161. The van der Waals surface area contributed by atoms with E-state index in [2.05, 4.69) is 37.4 Å². The molecule has 2 unspecified atom stereocenters. The van der Waals surface area contributed by atoms with Crippen LogP contribution in [0.3, 0.4) is 0 Å². The molecular weight excluding hydrogens is 639 g/mol. The summed E-state index contributed by atoms with van der Waals surface area (Å²) in [6, 6.07) is 0. The Balaban J connectivity index is 4.47. The van der Waals surface area contributed by atoms with E-state index in [1.165, 1.54) is 19.3 Å². The normalized spacial score (nSPS) is 15.3. The fourth-order valence-corrected chi connectivity index (χ4v) is 5.33. The van der Waals surface area contributed by atoms with Crippen molar-refractivity contribution in [3.8, 4) is 0 Å². The number of allylic oxidation sites excluding steroid dienone is 5. The summed E-state index contributed by atoms with van der Waals surface area (Å²) in [6.45, 7) is 4.31. The molecule has 0 amide bonds. The average molecular weight is 705 g/mol. The van der Waals surface area contributed by atoms with Gasteiger partial charge in [0.15, 0.2) is 6.10 Å². The number of unbranched alkanes of at least 4 members (excludes halogenated alkanes) is 9. The molecule has 4 N–H and O–H groups in total. The number of aliphatic hydroxyl groups excluding tert-OH is 3. The van der Waals surface area contributed by atoms with Gasteiger partial charge in [0.1, 0.15) is 12.7 Å².